The number of hydrogen-bond acceptors (Lipinski definition) is 11. The van der Waals surface area contributed by atoms with Crippen molar-refractivity contribution in [2.24, 2.45) is 0 Å². The van der Waals surface area contributed by atoms with Gasteiger partial charge in [-0.2, -0.15) is 0 Å². The number of carbonyl (C=O) groups excluding carboxylic acids is 4. The number of fused-ring (bicyclic) bond motifs is 3. The third-order valence-electron chi connectivity index (χ3n) is 14.3. The highest BCUT2D eigenvalue weighted by Crippen LogP contribution is 2.44. The monoisotopic (exact) mass is 1070 g/mol. The van der Waals surface area contributed by atoms with Crippen LogP contribution in [0.15, 0.2) is 200 Å². The van der Waals surface area contributed by atoms with Gasteiger partial charge in [-0.15, -0.1) is 0 Å². The first kappa shape index (κ1) is 55.8. The lowest BCUT2D eigenvalue weighted by Crippen LogP contribution is -2.65. The van der Waals surface area contributed by atoms with Gasteiger partial charge in [0.05, 0.1) is 26.4 Å². The molecule has 2 N–H and O–H groups in total. The molecule has 3 amide bonds. The molecule has 0 saturated carbocycles. The van der Waals surface area contributed by atoms with E-state index < -0.39 is 72.7 Å². The molecule has 0 radical (unpaired) electrons. The molecule has 9 rings (SSSR count). The van der Waals surface area contributed by atoms with Gasteiger partial charge in [0.15, 0.2) is 6.29 Å². The first-order valence-corrected chi connectivity index (χ1v) is 26.7. The van der Waals surface area contributed by atoms with E-state index in [4.69, 9.17) is 33.2 Å². The van der Waals surface area contributed by atoms with Gasteiger partial charge < -0.3 is 48.7 Å². The van der Waals surface area contributed by atoms with E-state index in [1.165, 1.54) is 18.9 Å². The van der Waals surface area contributed by atoms with Gasteiger partial charge in [0.2, 0.25) is 11.8 Å². The molecule has 1 fully saturated rings. The van der Waals surface area contributed by atoms with Crippen LogP contribution in [0, 0.1) is 0 Å². The SMILES string of the molecule is CO[C@H]1O[C@H](CN(C(=O)[C@H](C)NC(=O)OCC2c3ccccc3-c3ccccc32)[C@H](Cc2ccccc2)C(=O)N[C@@H](C)C(=O)OCc2ccccc2)[C@@H](OCc2ccccc2)[C@H](OCc2ccccc2)[C@H]1OCc1ccccc1. The van der Waals surface area contributed by atoms with Crippen LogP contribution in [0.5, 0.6) is 0 Å². The first-order chi connectivity index (χ1) is 38.6. The largest absolute Gasteiger partial charge is 0.459 e. The van der Waals surface area contributed by atoms with E-state index in [0.717, 1.165) is 44.5 Å². The molecule has 79 heavy (non-hydrogen) atoms. The number of methoxy groups -OCH3 is 1. The standard InChI is InChI=1S/C65H67N3O11/c1-44(67-65(72)78-43-55-53-35-21-19-33-51(53)52-34-20-22-36-54(52)55)62(70)68(56(37-46-23-9-4-10-24-46)61(69)66-45(2)63(71)77-42-50-31-17-8-18-32-50)38-57-58(74-39-47-25-11-5-12-26-47)59(75-40-48-27-13-6-14-28-48)60(64(73-3)79-57)76-41-49-29-15-7-16-30-49/h4-36,44-45,55-60,64H,37-43H2,1-3H3,(H,66,69)(H,67,72)/t44-,45-,56+,57+,58+,59-,60+,64-/m0/s1. The Morgan fingerprint density at radius 2 is 0.949 bits per heavy atom. The van der Waals surface area contributed by atoms with Crippen molar-refractivity contribution in [3.63, 3.8) is 0 Å². The molecule has 1 saturated heterocycles. The van der Waals surface area contributed by atoms with Crippen LogP contribution < -0.4 is 10.6 Å². The smallest absolute Gasteiger partial charge is 0.407 e. The fraction of sp³-hybridized carbons (Fsp3) is 0.292. The van der Waals surface area contributed by atoms with Crippen LogP contribution >= 0.6 is 0 Å². The van der Waals surface area contributed by atoms with E-state index >= 15 is 9.59 Å². The minimum Gasteiger partial charge on any atom is -0.459 e. The van der Waals surface area contributed by atoms with Crippen molar-refractivity contribution in [3.8, 4) is 11.1 Å². The van der Waals surface area contributed by atoms with Gasteiger partial charge >= 0.3 is 12.1 Å². The molecule has 1 aliphatic carbocycles. The fourth-order valence-corrected chi connectivity index (χ4v) is 10.2. The summed E-state index contributed by atoms with van der Waals surface area (Å²) in [5, 5.41) is 5.64. The number of ether oxygens (including phenoxy) is 7. The van der Waals surface area contributed by atoms with Gasteiger partial charge in [0, 0.05) is 19.4 Å². The van der Waals surface area contributed by atoms with Crippen LogP contribution in [0.2, 0.25) is 0 Å². The molecule has 8 atom stereocenters. The highest BCUT2D eigenvalue weighted by molar-refractivity contribution is 5.93. The van der Waals surface area contributed by atoms with Gasteiger partial charge in [-0.05, 0) is 63.9 Å². The average molecular weight is 1070 g/mol. The van der Waals surface area contributed by atoms with Crippen molar-refractivity contribution in [2.45, 2.75) is 101 Å². The summed E-state index contributed by atoms with van der Waals surface area (Å²) in [6.45, 7) is 3.24. The Balaban J connectivity index is 1.05. The van der Waals surface area contributed by atoms with Crippen molar-refractivity contribution >= 4 is 23.9 Å². The molecule has 1 aliphatic heterocycles. The highest BCUT2D eigenvalue weighted by atomic mass is 16.7. The van der Waals surface area contributed by atoms with Crippen LogP contribution in [0.1, 0.15) is 58.7 Å². The zero-order valence-electron chi connectivity index (χ0n) is 44.6. The topological polar surface area (TPSA) is 160 Å². The number of rotatable bonds is 24. The van der Waals surface area contributed by atoms with Crippen LogP contribution in [-0.2, 0) is 80.4 Å². The molecule has 7 aromatic carbocycles. The zero-order chi connectivity index (χ0) is 54.9. The van der Waals surface area contributed by atoms with E-state index in [1.54, 1.807) is 6.92 Å². The van der Waals surface area contributed by atoms with E-state index in [2.05, 4.69) is 22.8 Å². The normalized spacial score (nSPS) is 18.7. The second-order valence-electron chi connectivity index (χ2n) is 19.8. The summed E-state index contributed by atoms with van der Waals surface area (Å²) in [6, 6.07) is 59.9. The first-order valence-electron chi connectivity index (χ1n) is 26.7. The quantitative estimate of drug-likeness (QED) is 0.0555. The maximum absolute atomic E-state index is 15.6. The highest BCUT2D eigenvalue weighted by Gasteiger charge is 2.51. The third kappa shape index (κ3) is 14.6. The Hall–Kier alpha value is -7.98. The van der Waals surface area contributed by atoms with Crippen molar-refractivity contribution in [1.29, 1.82) is 0 Å². The molecule has 0 spiro atoms. The summed E-state index contributed by atoms with van der Waals surface area (Å²) in [5.74, 6) is -2.21. The number of benzene rings is 7. The van der Waals surface area contributed by atoms with Gasteiger partial charge in [-0.25, -0.2) is 9.59 Å². The maximum Gasteiger partial charge on any atom is 0.407 e. The molecule has 14 heteroatoms. The van der Waals surface area contributed by atoms with E-state index in [1.807, 2.05) is 188 Å². The Morgan fingerprint density at radius 1 is 0.506 bits per heavy atom. The van der Waals surface area contributed by atoms with Crippen molar-refractivity contribution in [2.75, 3.05) is 20.3 Å². The Morgan fingerprint density at radius 3 is 1.46 bits per heavy atom. The number of carbonyl (C=O) groups is 4. The maximum atomic E-state index is 15.6. The molecule has 14 nitrogen and oxygen atoms in total. The van der Waals surface area contributed by atoms with Crippen LogP contribution in [0.4, 0.5) is 4.79 Å². The van der Waals surface area contributed by atoms with Gasteiger partial charge in [-0.3, -0.25) is 9.59 Å². The minimum absolute atomic E-state index is 0.00538. The lowest BCUT2D eigenvalue weighted by atomic mass is 9.95. The van der Waals surface area contributed by atoms with Gasteiger partial charge in [0.25, 0.3) is 0 Å². The fourth-order valence-electron chi connectivity index (χ4n) is 10.2. The molecule has 2 aliphatic rings. The Labute approximate surface area is 461 Å². The molecule has 1 heterocycles. The van der Waals surface area contributed by atoms with Gasteiger partial charge in [0.1, 0.15) is 55.8 Å². The zero-order valence-corrected chi connectivity index (χ0v) is 44.6. The number of nitrogens with one attached hydrogen (secondary N) is 2. The third-order valence-corrected chi connectivity index (χ3v) is 14.3. The number of hydrogen-bond donors (Lipinski definition) is 2. The van der Waals surface area contributed by atoms with Crippen molar-refractivity contribution in [3.05, 3.63) is 239 Å². The number of nitrogens with zero attached hydrogens (tertiary/aromatic N) is 1. The lowest BCUT2D eigenvalue weighted by molar-refractivity contribution is -0.319. The van der Waals surface area contributed by atoms with Crippen molar-refractivity contribution in [1.82, 2.24) is 15.5 Å². The van der Waals surface area contributed by atoms with Crippen molar-refractivity contribution < 1.29 is 52.3 Å². The summed E-state index contributed by atoms with van der Waals surface area (Å²) in [4.78, 5) is 59.7. The molecule has 0 bridgehead atoms. The summed E-state index contributed by atoms with van der Waals surface area (Å²) >= 11 is 0. The summed E-state index contributed by atoms with van der Waals surface area (Å²) < 4.78 is 45.2. The number of esters is 1. The molecule has 7 aromatic rings. The van der Waals surface area contributed by atoms with E-state index in [-0.39, 0.29) is 51.9 Å². The Bertz CT molecular complexity index is 3020. The average Bonchev–Trinajstić information content (AvgIpc) is 3.96. The molecule has 0 aromatic heterocycles. The Kier molecular flexibility index (Phi) is 19.5. The molecular formula is C65H67N3O11. The molecular weight excluding hydrogens is 999 g/mol. The van der Waals surface area contributed by atoms with E-state index in [9.17, 15) is 9.59 Å². The number of amides is 3. The van der Waals surface area contributed by atoms with Crippen LogP contribution in [0.3, 0.4) is 0 Å². The van der Waals surface area contributed by atoms with Crippen LogP contribution in [0.25, 0.3) is 11.1 Å². The van der Waals surface area contributed by atoms with E-state index in [0.29, 0.717) is 5.56 Å². The second kappa shape index (κ2) is 27.6. The predicted octanol–water partition coefficient (Wildman–Crippen LogP) is 9.73. The molecule has 0 unspecified atom stereocenters. The van der Waals surface area contributed by atoms with Gasteiger partial charge in [-0.1, -0.05) is 200 Å². The summed E-state index contributed by atoms with van der Waals surface area (Å²) in [6.07, 6.45) is -5.68. The van der Waals surface area contributed by atoms with Crippen LogP contribution in [-0.4, -0.2) is 97.9 Å². The number of alkyl carbamates (subject to hydrolysis) is 1. The minimum atomic E-state index is -1.30. The lowest BCUT2D eigenvalue weighted by Gasteiger charge is -2.47. The summed E-state index contributed by atoms with van der Waals surface area (Å²) in [5.41, 5.74) is 8.36. The second-order valence-corrected chi connectivity index (χ2v) is 19.8. The predicted molar refractivity (Wildman–Crippen MR) is 298 cm³/mol. The molecule has 408 valence electrons. The summed E-state index contributed by atoms with van der Waals surface area (Å²) in [7, 11) is 1.51.